The Hall–Kier alpha value is -3.55. The lowest BCUT2D eigenvalue weighted by atomic mass is 10.1. The summed E-state index contributed by atoms with van der Waals surface area (Å²) < 4.78 is 14.3. The monoisotopic (exact) mass is 382 g/mol. The highest BCUT2D eigenvalue weighted by molar-refractivity contribution is 5.79. The zero-order chi connectivity index (χ0) is 20.1. The molecule has 0 unspecified atom stereocenters. The molecule has 28 heavy (non-hydrogen) atoms. The summed E-state index contributed by atoms with van der Waals surface area (Å²) in [5, 5.41) is 0. The summed E-state index contributed by atoms with van der Waals surface area (Å²) in [6.07, 6.45) is 10.8. The zero-order valence-corrected chi connectivity index (χ0v) is 16.0. The summed E-state index contributed by atoms with van der Waals surface area (Å²) in [6.45, 7) is 5.47. The predicted octanol–water partition coefficient (Wildman–Crippen LogP) is 2.68. The molecule has 4 aromatic heterocycles. The van der Waals surface area contributed by atoms with Crippen LogP contribution in [0.3, 0.4) is 0 Å². The maximum atomic E-state index is 11.7. The van der Waals surface area contributed by atoms with Gasteiger partial charge in [0.15, 0.2) is 11.0 Å². The molecular weight excluding hydrogens is 360 g/mol. The van der Waals surface area contributed by atoms with Crippen molar-refractivity contribution in [2.75, 3.05) is 6.61 Å². The van der Waals surface area contributed by atoms with Crippen LogP contribution < -0.4 is 10.2 Å². The van der Waals surface area contributed by atoms with Crippen molar-refractivity contribution in [1.82, 2.24) is 18.8 Å². The number of H-pyrrole nitrogens is 1. The summed E-state index contributed by atoms with van der Waals surface area (Å²) >= 11 is 0. The van der Waals surface area contributed by atoms with Crippen molar-refractivity contribution in [3.8, 4) is 5.75 Å². The number of hydrogen-bond acceptors (Lipinski definition) is 5. The standard InChI is InChI=1S/C13H16N2O3.C7H6N2O/c1-4-17-12(16)13(2,3)18-10-5-7-15-8-6-14-11(15)9-10;10-6-1-3-9-4-2-8-7(9)5-6/h5-9H,4H2,1-3H3;1-5,8H. The first-order valence-electron chi connectivity index (χ1n) is 8.83. The topological polar surface area (TPSA) is 90.1 Å². The molecule has 0 amide bonds. The van der Waals surface area contributed by atoms with E-state index in [9.17, 15) is 9.59 Å². The summed E-state index contributed by atoms with van der Waals surface area (Å²) in [6, 6.07) is 6.65. The Morgan fingerprint density at radius 3 is 2.71 bits per heavy atom. The Bertz CT molecular complexity index is 1140. The van der Waals surface area contributed by atoms with Gasteiger partial charge in [0, 0.05) is 55.4 Å². The van der Waals surface area contributed by atoms with Gasteiger partial charge in [-0.05, 0) is 26.8 Å². The van der Waals surface area contributed by atoms with Crippen LogP contribution in [0.1, 0.15) is 20.8 Å². The van der Waals surface area contributed by atoms with Crippen molar-refractivity contribution in [3.63, 3.8) is 0 Å². The van der Waals surface area contributed by atoms with Crippen LogP contribution in [0.5, 0.6) is 5.75 Å². The van der Waals surface area contributed by atoms with Crippen LogP contribution in [0.15, 0.2) is 66.2 Å². The van der Waals surface area contributed by atoms with Crippen LogP contribution in [0, 0.1) is 0 Å². The Labute approximate surface area is 161 Å². The molecule has 0 atom stereocenters. The Morgan fingerprint density at radius 2 is 1.93 bits per heavy atom. The van der Waals surface area contributed by atoms with Crippen LogP contribution in [0.4, 0.5) is 0 Å². The minimum atomic E-state index is -1.01. The third-order valence-electron chi connectivity index (χ3n) is 3.93. The molecule has 0 bridgehead atoms. The number of nitrogens with one attached hydrogen (secondary N) is 1. The SMILES string of the molecule is CCOC(=O)C(C)(C)Oc1ccn2ccnc2c1.O=c1ccn2cc[nH]c2c1. The predicted molar refractivity (Wildman–Crippen MR) is 105 cm³/mol. The zero-order valence-electron chi connectivity index (χ0n) is 16.0. The first-order valence-corrected chi connectivity index (χ1v) is 8.83. The summed E-state index contributed by atoms with van der Waals surface area (Å²) in [7, 11) is 0. The van der Waals surface area contributed by atoms with Gasteiger partial charge < -0.3 is 23.3 Å². The third kappa shape index (κ3) is 4.40. The average Bonchev–Trinajstić information content (AvgIpc) is 3.30. The van der Waals surface area contributed by atoms with Crippen LogP contribution in [-0.2, 0) is 9.53 Å². The van der Waals surface area contributed by atoms with Crippen LogP contribution in [0.25, 0.3) is 11.3 Å². The van der Waals surface area contributed by atoms with Crippen molar-refractivity contribution >= 4 is 17.3 Å². The number of aromatic nitrogens is 4. The highest BCUT2D eigenvalue weighted by Gasteiger charge is 2.31. The second-order valence-electron chi connectivity index (χ2n) is 6.50. The fourth-order valence-electron chi connectivity index (χ4n) is 2.54. The first-order chi connectivity index (χ1) is 13.4. The number of imidazole rings is 2. The molecular formula is C20H22N4O4. The number of carbonyl (C=O) groups excluding carboxylic acids is 1. The molecule has 0 aromatic carbocycles. The van der Waals surface area contributed by atoms with Crippen molar-refractivity contribution in [2.24, 2.45) is 0 Å². The number of nitrogens with zero attached hydrogens (tertiary/aromatic N) is 3. The van der Waals surface area contributed by atoms with Gasteiger partial charge in [0.05, 0.1) is 6.61 Å². The third-order valence-corrected chi connectivity index (χ3v) is 3.93. The van der Waals surface area contributed by atoms with E-state index in [1.165, 1.54) is 6.07 Å². The molecule has 4 rings (SSSR count). The quantitative estimate of drug-likeness (QED) is 0.548. The van der Waals surface area contributed by atoms with E-state index in [2.05, 4.69) is 9.97 Å². The molecule has 0 saturated heterocycles. The van der Waals surface area contributed by atoms with Crippen LogP contribution in [0.2, 0.25) is 0 Å². The molecule has 4 heterocycles. The molecule has 0 aliphatic carbocycles. The number of ether oxygens (including phenoxy) is 2. The van der Waals surface area contributed by atoms with Gasteiger partial charge in [-0.1, -0.05) is 0 Å². The van der Waals surface area contributed by atoms with Gasteiger partial charge in [-0.15, -0.1) is 0 Å². The maximum absolute atomic E-state index is 11.7. The highest BCUT2D eigenvalue weighted by Crippen LogP contribution is 2.20. The second-order valence-corrected chi connectivity index (χ2v) is 6.50. The number of hydrogen-bond donors (Lipinski definition) is 1. The molecule has 0 spiro atoms. The Balaban J connectivity index is 0.000000188. The van der Waals surface area contributed by atoms with E-state index in [4.69, 9.17) is 9.47 Å². The van der Waals surface area contributed by atoms with Gasteiger partial charge in [-0.25, -0.2) is 9.78 Å². The van der Waals surface area contributed by atoms with E-state index in [0.717, 1.165) is 11.3 Å². The number of esters is 1. The minimum absolute atomic E-state index is 0.0300. The average molecular weight is 382 g/mol. The fraction of sp³-hybridized carbons (Fsp3) is 0.250. The lowest BCUT2D eigenvalue weighted by Gasteiger charge is -2.24. The van der Waals surface area contributed by atoms with E-state index in [-0.39, 0.29) is 11.4 Å². The van der Waals surface area contributed by atoms with Gasteiger partial charge in [-0.3, -0.25) is 4.79 Å². The van der Waals surface area contributed by atoms with Gasteiger partial charge >= 0.3 is 5.97 Å². The van der Waals surface area contributed by atoms with E-state index >= 15 is 0 Å². The van der Waals surface area contributed by atoms with E-state index in [0.29, 0.717) is 12.4 Å². The smallest absolute Gasteiger partial charge is 0.349 e. The minimum Gasteiger partial charge on any atom is -0.476 e. The number of fused-ring (bicyclic) bond motifs is 2. The Kier molecular flexibility index (Phi) is 5.49. The van der Waals surface area contributed by atoms with Crippen molar-refractivity contribution in [2.45, 2.75) is 26.4 Å². The lowest BCUT2D eigenvalue weighted by Crippen LogP contribution is -2.39. The fourth-order valence-corrected chi connectivity index (χ4v) is 2.54. The number of rotatable bonds is 4. The van der Waals surface area contributed by atoms with Crippen molar-refractivity contribution < 1.29 is 14.3 Å². The number of carbonyl (C=O) groups is 1. The molecule has 4 aromatic rings. The Morgan fingerprint density at radius 1 is 1.14 bits per heavy atom. The number of pyridine rings is 2. The summed E-state index contributed by atoms with van der Waals surface area (Å²) in [4.78, 5) is 29.5. The maximum Gasteiger partial charge on any atom is 0.349 e. The van der Waals surface area contributed by atoms with Gasteiger partial charge in [-0.2, -0.15) is 0 Å². The molecule has 8 heteroatoms. The highest BCUT2D eigenvalue weighted by atomic mass is 16.6. The van der Waals surface area contributed by atoms with Crippen molar-refractivity contribution in [3.05, 3.63) is 71.7 Å². The molecule has 146 valence electrons. The van der Waals surface area contributed by atoms with Gasteiger partial charge in [0.25, 0.3) is 0 Å². The van der Waals surface area contributed by atoms with Crippen molar-refractivity contribution in [1.29, 1.82) is 0 Å². The summed E-state index contributed by atoms with van der Waals surface area (Å²) in [5.74, 6) is 0.208. The number of aromatic amines is 1. The molecule has 0 aliphatic rings. The van der Waals surface area contributed by atoms with Crippen LogP contribution in [-0.4, -0.2) is 36.9 Å². The first kappa shape index (κ1) is 19.2. The van der Waals surface area contributed by atoms with E-state index in [1.54, 1.807) is 57.6 Å². The molecule has 0 fully saturated rings. The lowest BCUT2D eigenvalue weighted by molar-refractivity contribution is -0.158. The molecule has 0 radical (unpaired) electrons. The summed E-state index contributed by atoms with van der Waals surface area (Å²) in [5.41, 5.74) is 0.614. The molecule has 1 N–H and O–H groups in total. The van der Waals surface area contributed by atoms with Crippen LogP contribution >= 0.6 is 0 Å². The van der Waals surface area contributed by atoms with E-state index < -0.39 is 5.60 Å². The van der Waals surface area contributed by atoms with Gasteiger partial charge in [0.2, 0.25) is 0 Å². The van der Waals surface area contributed by atoms with E-state index in [1.807, 2.05) is 27.4 Å². The molecule has 0 saturated carbocycles. The van der Waals surface area contributed by atoms with Gasteiger partial charge in [0.1, 0.15) is 17.0 Å². The largest absolute Gasteiger partial charge is 0.476 e. The second kappa shape index (κ2) is 7.99. The normalized spacial score (nSPS) is 11.1. The molecule has 0 aliphatic heterocycles. The molecule has 8 nitrogen and oxygen atoms in total.